The molecule has 0 aliphatic carbocycles. The molecule has 0 saturated carbocycles. The van der Waals surface area contributed by atoms with E-state index in [1.54, 1.807) is 11.8 Å². The summed E-state index contributed by atoms with van der Waals surface area (Å²) in [5.74, 6) is 0.308. The standard InChI is InChI=1S/C16H19N3O4S/c1-10-11(18-14(23-10)12-3-2-8-24-12)9-13(20)19-6-4-16(22,5-7-19)15(17)21/h2-3,8,22H,4-7,9H2,1H3,(H2,17,21). The number of primary amides is 1. The molecule has 2 aromatic rings. The SMILES string of the molecule is Cc1oc(-c2cccs2)nc1CC(=O)N1CCC(O)(C(N)=O)CC1. The fourth-order valence-corrected chi connectivity index (χ4v) is 3.37. The minimum atomic E-state index is -1.51. The van der Waals surface area contributed by atoms with Crippen molar-refractivity contribution in [3.8, 4) is 10.8 Å². The second kappa shape index (κ2) is 6.37. The quantitative estimate of drug-likeness (QED) is 0.859. The zero-order chi connectivity index (χ0) is 17.3. The van der Waals surface area contributed by atoms with Crippen LogP contribution in [0, 0.1) is 6.92 Å². The summed E-state index contributed by atoms with van der Waals surface area (Å²) in [5.41, 5.74) is 4.31. The number of nitrogens with two attached hydrogens (primary N) is 1. The maximum Gasteiger partial charge on any atom is 0.249 e. The fraction of sp³-hybridized carbons (Fsp3) is 0.438. The Morgan fingerprint density at radius 3 is 2.75 bits per heavy atom. The average Bonchev–Trinajstić information content (AvgIpc) is 3.18. The van der Waals surface area contributed by atoms with Crippen molar-refractivity contribution < 1.29 is 19.1 Å². The largest absolute Gasteiger partial charge is 0.440 e. The zero-order valence-electron chi connectivity index (χ0n) is 13.3. The van der Waals surface area contributed by atoms with Crippen LogP contribution in [0.15, 0.2) is 21.9 Å². The third-order valence-electron chi connectivity index (χ3n) is 4.35. The number of aromatic nitrogens is 1. The monoisotopic (exact) mass is 349 g/mol. The molecule has 0 atom stereocenters. The molecule has 0 spiro atoms. The summed E-state index contributed by atoms with van der Waals surface area (Å²) in [6.45, 7) is 2.38. The fourth-order valence-electron chi connectivity index (χ4n) is 2.73. The lowest BCUT2D eigenvalue weighted by Gasteiger charge is -2.36. The Morgan fingerprint density at radius 1 is 1.46 bits per heavy atom. The summed E-state index contributed by atoms with van der Waals surface area (Å²) >= 11 is 1.52. The molecule has 24 heavy (non-hydrogen) atoms. The molecule has 3 N–H and O–H groups in total. The number of hydrogen-bond acceptors (Lipinski definition) is 6. The highest BCUT2D eigenvalue weighted by Crippen LogP contribution is 2.27. The van der Waals surface area contributed by atoms with Crippen molar-refractivity contribution >= 4 is 23.2 Å². The van der Waals surface area contributed by atoms with E-state index < -0.39 is 11.5 Å². The Hall–Kier alpha value is -2.19. The smallest absolute Gasteiger partial charge is 0.249 e. The predicted molar refractivity (Wildman–Crippen MR) is 88.2 cm³/mol. The molecule has 3 heterocycles. The number of oxazole rings is 1. The van der Waals surface area contributed by atoms with Crippen molar-refractivity contribution in [3.05, 3.63) is 29.0 Å². The number of likely N-dealkylation sites (tertiary alicyclic amines) is 1. The van der Waals surface area contributed by atoms with Gasteiger partial charge in [0.1, 0.15) is 11.4 Å². The molecule has 3 rings (SSSR count). The first-order valence-corrected chi connectivity index (χ1v) is 8.57. The van der Waals surface area contributed by atoms with Crippen LogP contribution in [0.5, 0.6) is 0 Å². The third-order valence-corrected chi connectivity index (χ3v) is 5.20. The number of carbonyl (C=O) groups is 2. The van der Waals surface area contributed by atoms with E-state index in [1.165, 1.54) is 11.3 Å². The number of rotatable bonds is 4. The van der Waals surface area contributed by atoms with Crippen LogP contribution < -0.4 is 5.73 Å². The molecule has 1 fully saturated rings. The number of nitrogens with zero attached hydrogens (tertiary/aromatic N) is 2. The van der Waals surface area contributed by atoms with Crippen molar-refractivity contribution in [1.82, 2.24) is 9.88 Å². The van der Waals surface area contributed by atoms with E-state index in [9.17, 15) is 14.7 Å². The van der Waals surface area contributed by atoms with Gasteiger partial charge in [0, 0.05) is 25.9 Å². The lowest BCUT2D eigenvalue weighted by Crippen LogP contribution is -2.53. The second-order valence-electron chi connectivity index (χ2n) is 5.95. The number of amides is 2. The molecular weight excluding hydrogens is 330 g/mol. The van der Waals surface area contributed by atoms with E-state index in [0.717, 1.165) is 4.88 Å². The predicted octanol–water partition coefficient (Wildman–Crippen LogP) is 1.09. The summed E-state index contributed by atoms with van der Waals surface area (Å²) in [6.07, 6.45) is 0.453. The van der Waals surface area contributed by atoms with Gasteiger partial charge in [-0.3, -0.25) is 9.59 Å². The molecule has 0 bridgehead atoms. The number of aliphatic hydroxyl groups is 1. The Balaban J connectivity index is 1.65. The highest BCUT2D eigenvalue weighted by atomic mass is 32.1. The summed E-state index contributed by atoms with van der Waals surface area (Å²) in [6, 6.07) is 3.83. The molecule has 2 aromatic heterocycles. The van der Waals surface area contributed by atoms with Crippen LogP contribution in [-0.4, -0.2) is 45.5 Å². The minimum absolute atomic E-state index is 0.101. The molecule has 0 radical (unpaired) electrons. The van der Waals surface area contributed by atoms with Crippen LogP contribution in [0.25, 0.3) is 10.8 Å². The summed E-state index contributed by atoms with van der Waals surface area (Å²) in [7, 11) is 0. The van der Waals surface area contributed by atoms with Gasteiger partial charge in [-0.2, -0.15) is 0 Å². The number of aryl methyl sites for hydroxylation is 1. The van der Waals surface area contributed by atoms with Crippen LogP contribution in [0.3, 0.4) is 0 Å². The topological polar surface area (TPSA) is 110 Å². The maximum atomic E-state index is 12.4. The molecule has 2 amide bonds. The van der Waals surface area contributed by atoms with Crippen LogP contribution in [0.1, 0.15) is 24.3 Å². The van der Waals surface area contributed by atoms with Gasteiger partial charge in [0.25, 0.3) is 0 Å². The first-order valence-electron chi connectivity index (χ1n) is 7.69. The Morgan fingerprint density at radius 2 is 2.17 bits per heavy atom. The number of hydrogen-bond donors (Lipinski definition) is 2. The van der Waals surface area contributed by atoms with Gasteiger partial charge in [-0.1, -0.05) is 6.07 Å². The number of thiophene rings is 1. The normalized spacial score (nSPS) is 17.0. The Bertz CT molecular complexity index is 745. The molecule has 1 aliphatic heterocycles. The molecule has 128 valence electrons. The van der Waals surface area contributed by atoms with E-state index in [4.69, 9.17) is 10.2 Å². The molecule has 0 unspecified atom stereocenters. The number of piperidine rings is 1. The maximum absolute atomic E-state index is 12.4. The van der Waals surface area contributed by atoms with Gasteiger partial charge >= 0.3 is 0 Å². The summed E-state index contributed by atoms with van der Waals surface area (Å²) < 4.78 is 5.64. The van der Waals surface area contributed by atoms with Crippen LogP contribution >= 0.6 is 11.3 Å². The van der Waals surface area contributed by atoms with E-state index in [0.29, 0.717) is 30.4 Å². The lowest BCUT2D eigenvalue weighted by atomic mass is 9.90. The molecule has 7 nitrogen and oxygen atoms in total. The molecular formula is C16H19N3O4S. The van der Waals surface area contributed by atoms with Crippen LogP contribution in [-0.2, 0) is 16.0 Å². The highest BCUT2D eigenvalue weighted by molar-refractivity contribution is 7.13. The van der Waals surface area contributed by atoms with Gasteiger partial charge in [0.2, 0.25) is 17.7 Å². The van der Waals surface area contributed by atoms with E-state index in [2.05, 4.69) is 4.98 Å². The van der Waals surface area contributed by atoms with E-state index in [-0.39, 0.29) is 25.2 Å². The average molecular weight is 349 g/mol. The van der Waals surface area contributed by atoms with Gasteiger partial charge in [0.15, 0.2) is 0 Å². The Kier molecular flexibility index (Phi) is 4.42. The zero-order valence-corrected chi connectivity index (χ0v) is 14.1. The van der Waals surface area contributed by atoms with Crippen molar-refractivity contribution in [2.75, 3.05) is 13.1 Å². The van der Waals surface area contributed by atoms with E-state index in [1.807, 2.05) is 17.5 Å². The van der Waals surface area contributed by atoms with Crippen LogP contribution in [0.4, 0.5) is 0 Å². The third kappa shape index (κ3) is 3.20. The first-order chi connectivity index (χ1) is 11.4. The first kappa shape index (κ1) is 16.7. The minimum Gasteiger partial charge on any atom is -0.440 e. The van der Waals surface area contributed by atoms with Crippen molar-refractivity contribution in [2.24, 2.45) is 5.73 Å². The van der Waals surface area contributed by atoms with Gasteiger partial charge in [0.05, 0.1) is 17.0 Å². The Labute approximate surface area is 143 Å². The second-order valence-corrected chi connectivity index (χ2v) is 6.90. The summed E-state index contributed by atoms with van der Waals surface area (Å²) in [5, 5.41) is 12.0. The highest BCUT2D eigenvalue weighted by Gasteiger charge is 2.38. The molecule has 1 saturated heterocycles. The van der Waals surface area contributed by atoms with Gasteiger partial charge in [-0.15, -0.1) is 11.3 Å². The number of carbonyl (C=O) groups excluding carboxylic acids is 2. The lowest BCUT2D eigenvalue weighted by molar-refractivity contribution is -0.146. The van der Waals surface area contributed by atoms with E-state index >= 15 is 0 Å². The molecule has 1 aliphatic rings. The van der Waals surface area contributed by atoms with Crippen LogP contribution in [0.2, 0.25) is 0 Å². The molecule has 0 aromatic carbocycles. The van der Waals surface area contributed by atoms with Crippen molar-refractivity contribution in [3.63, 3.8) is 0 Å². The van der Waals surface area contributed by atoms with Crippen molar-refractivity contribution in [1.29, 1.82) is 0 Å². The molecule has 8 heteroatoms. The van der Waals surface area contributed by atoms with Gasteiger partial charge in [-0.05, 0) is 18.4 Å². The van der Waals surface area contributed by atoms with Crippen molar-refractivity contribution in [2.45, 2.75) is 31.8 Å². The van der Waals surface area contributed by atoms with Gasteiger partial charge in [-0.25, -0.2) is 4.98 Å². The summed E-state index contributed by atoms with van der Waals surface area (Å²) in [4.78, 5) is 30.7. The van der Waals surface area contributed by atoms with Gasteiger partial charge < -0.3 is 20.2 Å².